The normalized spacial score (nSPS) is 12.7. The second-order valence-corrected chi connectivity index (χ2v) is 8.87. The highest BCUT2D eigenvalue weighted by Crippen LogP contribution is 2.27. The summed E-state index contributed by atoms with van der Waals surface area (Å²) in [6.45, 7) is 8.84. The van der Waals surface area contributed by atoms with Crippen molar-refractivity contribution in [3.63, 3.8) is 0 Å². The third-order valence-corrected chi connectivity index (χ3v) is 4.64. The smallest absolute Gasteiger partial charge is 0.233 e. The maximum Gasteiger partial charge on any atom is 0.233 e. The molecule has 188 valence electrons. The second-order valence-electron chi connectivity index (χ2n) is 8.87. The number of para-hydroxylation sites is 2. The molecule has 2 N–H and O–H groups in total. The second kappa shape index (κ2) is 12.8. The number of ether oxygens (including phenoxy) is 3. The van der Waals surface area contributed by atoms with Crippen molar-refractivity contribution >= 4 is 5.82 Å². The number of hydrogen-bond acceptors (Lipinski definition) is 10. The summed E-state index contributed by atoms with van der Waals surface area (Å²) in [5.74, 6) is 2.66. The molecule has 10 heteroatoms. The Kier molecular flexibility index (Phi) is 9.56. The minimum Gasteiger partial charge on any atom is -0.487 e. The monoisotopic (exact) mass is 483 g/mol. The summed E-state index contributed by atoms with van der Waals surface area (Å²) in [7, 11) is 0. The van der Waals surface area contributed by atoms with Gasteiger partial charge in [-0.15, -0.1) is 15.3 Å². The molecule has 3 aromatic rings. The van der Waals surface area contributed by atoms with Gasteiger partial charge in [0.05, 0.1) is 12.3 Å². The zero-order chi connectivity index (χ0) is 25.1. The lowest BCUT2D eigenvalue weighted by atomic mass is 10.1. The molecule has 0 radical (unpaired) electrons. The van der Waals surface area contributed by atoms with Gasteiger partial charge in [-0.1, -0.05) is 12.1 Å². The third kappa shape index (κ3) is 9.34. The maximum atomic E-state index is 10.4. The Labute approximate surface area is 205 Å². The molecule has 0 spiro atoms. The minimum absolute atomic E-state index is 0.0933. The van der Waals surface area contributed by atoms with Crippen LogP contribution in [0.15, 0.2) is 69.4 Å². The number of hydrogen-bond donors (Lipinski definition) is 2. The largest absolute Gasteiger partial charge is 0.487 e. The van der Waals surface area contributed by atoms with Gasteiger partial charge in [0.1, 0.15) is 31.7 Å². The van der Waals surface area contributed by atoms with Crippen LogP contribution in [0.4, 0.5) is 5.82 Å². The predicted octanol–water partition coefficient (Wildman–Crippen LogP) is 4.33. The van der Waals surface area contributed by atoms with E-state index in [9.17, 15) is 5.11 Å². The van der Waals surface area contributed by atoms with Gasteiger partial charge < -0.3 is 29.1 Å². The number of nitrogens with zero attached hydrogens (tertiary/aromatic N) is 4. The zero-order valence-electron chi connectivity index (χ0n) is 20.5. The van der Waals surface area contributed by atoms with E-state index in [4.69, 9.17) is 18.6 Å². The van der Waals surface area contributed by atoms with Crippen LogP contribution in [-0.4, -0.2) is 52.7 Å². The summed E-state index contributed by atoms with van der Waals surface area (Å²) < 4.78 is 22.6. The molecule has 2 aromatic heterocycles. The van der Waals surface area contributed by atoms with E-state index < -0.39 is 11.6 Å². The van der Waals surface area contributed by atoms with Gasteiger partial charge in [-0.25, -0.2) is 0 Å². The summed E-state index contributed by atoms with van der Waals surface area (Å²) in [5.41, 5.74) is -0.428. The number of aromatic nitrogens is 2. The average molecular weight is 484 g/mol. The van der Waals surface area contributed by atoms with Crippen molar-refractivity contribution in [2.45, 2.75) is 52.0 Å². The lowest BCUT2D eigenvalue weighted by Gasteiger charge is -2.27. The van der Waals surface area contributed by atoms with Crippen LogP contribution in [0.25, 0.3) is 0 Å². The molecule has 0 saturated heterocycles. The van der Waals surface area contributed by atoms with Crippen molar-refractivity contribution in [2.75, 3.05) is 19.8 Å². The highest BCUT2D eigenvalue weighted by molar-refractivity contribution is 5.39. The Morgan fingerprint density at radius 1 is 1.00 bits per heavy atom. The summed E-state index contributed by atoms with van der Waals surface area (Å²) in [6, 6.07) is 14.5. The van der Waals surface area contributed by atoms with Crippen molar-refractivity contribution in [1.82, 2.24) is 15.5 Å². The summed E-state index contributed by atoms with van der Waals surface area (Å²) >= 11 is 0. The van der Waals surface area contributed by atoms with Crippen LogP contribution in [0.2, 0.25) is 0 Å². The van der Waals surface area contributed by atoms with Crippen LogP contribution in [0, 0.1) is 0 Å². The van der Waals surface area contributed by atoms with Gasteiger partial charge in [0.2, 0.25) is 5.88 Å². The molecule has 3 rings (SSSR count). The Morgan fingerprint density at radius 2 is 1.77 bits per heavy atom. The van der Waals surface area contributed by atoms with Crippen LogP contribution in [0.3, 0.4) is 0 Å². The van der Waals surface area contributed by atoms with E-state index in [2.05, 4.69) is 25.7 Å². The Balaban J connectivity index is 1.41. The fraction of sp³-hybridized carbons (Fsp3) is 0.440. The van der Waals surface area contributed by atoms with E-state index in [1.165, 1.54) is 0 Å². The van der Waals surface area contributed by atoms with Gasteiger partial charge in [-0.2, -0.15) is 5.11 Å². The molecule has 2 heterocycles. The fourth-order valence-corrected chi connectivity index (χ4v) is 2.79. The number of furan rings is 1. The first-order chi connectivity index (χ1) is 16.8. The Morgan fingerprint density at radius 3 is 2.43 bits per heavy atom. The number of benzene rings is 1. The number of azo groups is 1. The number of aliphatic hydroxyl groups is 1. The van der Waals surface area contributed by atoms with E-state index in [1.54, 1.807) is 24.5 Å². The first-order valence-electron chi connectivity index (χ1n) is 11.5. The lowest BCUT2D eigenvalue weighted by molar-refractivity contribution is 0.0901. The fourth-order valence-electron chi connectivity index (χ4n) is 2.79. The van der Waals surface area contributed by atoms with Gasteiger partial charge in [0, 0.05) is 18.2 Å². The van der Waals surface area contributed by atoms with Gasteiger partial charge in [-0.3, -0.25) is 0 Å². The summed E-state index contributed by atoms with van der Waals surface area (Å²) in [6.07, 6.45) is 0.861. The molecule has 1 unspecified atom stereocenters. The summed E-state index contributed by atoms with van der Waals surface area (Å²) in [4.78, 5) is 0. The Hall–Kier alpha value is -3.50. The SMILES string of the molecule is CC(C)N=Nc1ccc(OCC(C)(C)NCC(O)COc2ccccc2OCc2ccco2)nn1. The molecule has 0 saturated carbocycles. The number of rotatable bonds is 14. The highest BCUT2D eigenvalue weighted by atomic mass is 16.5. The molecule has 0 aliphatic heterocycles. The van der Waals surface area contributed by atoms with Crippen LogP contribution in [-0.2, 0) is 6.61 Å². The van der Waals surface area contributed by atoms with E-state index in [0.29, 0.717) is 48.7 Å². The molecular weight excluding hydrogens is 450 g/mol. The third-order valence-electron chi connectivity index (χ3n) is 4.64. The highest BCUT2D eigenvalue weighted by Gasteiger charge is 2.20. The topological polar surface area (TPSA) is 124 Å². The van der Waals surface area contributed by atoms with Crippen molar-refractivity contribution in [2.24, 2.45) is 10.2 Å². The number of aliphatic hydroxyl groups excluding tert-OH is 1. The predicted molar refractivity (Wildman–Crippen MR) is 130 cm³/mol. The number of β-amino-alcohol motifs (C(OH)–C–C–N with tert-alkyl or cyclic N) is 1. The van der Waals surface area contributed by atoms with E-state index in [-0.39, 0.29) is 12.6 Å². The lowest BCUT2D eigenvalue weighted by Crippen LogP contribution is -2.48. The Bertz CT molecular complexity index is 1040. The van der Waals surface area contributed by atoms with Gasteiger partial charge in [-0.05, 0) is 58.0 Å². The standard InChI is InChI=1S/C25H33N5O5/c1-18(2)27-28-23-11-12-24(30-29-23)35-17-25(3,4)26-14-19(31)15-33-21-9-5-6-10-22(21)34-16-20-8-7-13-32-20/h5-13,18-19,26,31H,14-17H2,1-4H3. The minimum atomic E-state index is -0.738. The van der Waals surface area contributed by atoms with E-state index in [1.807, 2.05) is 58.0 Å². The molecule has 0 amide bonds. The van der Waals surface area contributed by atoms with Gasteiger partial charge in [0.15, 0.2) is 17.3 Å². The van der Waals surface area contributed by atoms with Crippen molar-refractivity contribution in [3.05, 3.63) is 60.6 Å². The van der Waals surface area contributed by atoms with E-state index in [0.717, 1.165) is 0 Å². The molecule has 10 nitrogen and oxygen atoms in total. The maximum absolute atomic E-state index is 10.4. The summed E-state index contributed by atoms with van der Waals surface area (Å²) in [5, 5.41) is 29.8. The van der Waals surface area contributed by atoms with Crippen molar-refractivity contribution < 1.29 is 23.7 Å². The van der Waals surface area contributed by atoms with Crippen LogP contribution in [0.5, 0.6) is 17.4 Å². The zero-order valence-corrected chi connectivity index (χ0v) is 20.5. The molecule has 1 aromatic carbocycles. The molecule has 0 fully saturated rings. The first kappa shape index (κ1) is 26.1. The molecule has 0 aliphatic rings. The van der Waals surface area contributed by atoms with E-state index >= 15 is 0 Å². The van der Waals surface area contributed by atoms with Crippen LogP contribution >= 0.6 is 0 Å². The van der Waals surface area contributed by atoms with Crippen LogP contribution < -0.4 is 19.5 Å². The van der Waals surface area contributed by atoms with Gasteiger partial charge >= 0.3 is 0 Å². The first-order valence-corrected chi connectivity index (χ1v) is 11.5. The molecule has 35 heavy (non-hydrogen) atoms. The average Bonchev–Trinajstić information content (AvgIpc) is 3.37. The quantitative estimate of drug-likeness (QED) is 0.325. The van der Waals surface area contributed by atoms with Gasteiger partial charge in [0.25, 0.3) is 0 Å². The molecular formula is C25H33N5O5. The van der Waals surface area contributed by atoms with Crippen molar-refractivity contribution in [1.29, 1.82) is 0 Å². The number of nitrogens with one attached hydrogen (secondary N) is 1. The van der Waals surface area contributed by atoms with Crippen LogP contribution in [0.1, 0.15) is 33.5 Å². The van der Waals surface area contributed by atoms with Crippen molar-refractivity contribution in [3.8, 4) is 17.4 Å². The molecule has 0 aliphatic carbocycles. The molecule has 1 atom stereocenters. The molecule has 0 bridgehead atoms.